The number of rotatable bonds is 2. The highest BCUT2D eigenvalue weighted by atomic mass is 15.1. The Bertz CT molecular complexity index is 686. The van der Waals surface area contributed by atoms with Crippen LogP contribution in [0.15, 0.2) is 42.7 Å². The fourth-order valence-electron chi connectivity index (χ4n) is 2.21. The molecule has 0 unspecified atom stereocenters. The number of fused-ring (bicyclic) bond motifs is 1. The first-order valence-electron chi connectivity index (χ1n) is 5.96. The van der Waals surface area contributed by atoms with Gasteiger partial charge in [0.15, 0.2) is 0 Å². The molecule has 4 nitrogen and oxygen atoms in total. The Balaban J connectivity index is 2.33. The molecular formula is C14H14N4. The van der Waals surface area contributed by atoms with Gasteiger partial charge in [0.1, 0.15) is 11.3 Å². The summed E-state index contributed by atoms with van der Waals surface area (Å²) in [5.41, 5.74) is 9.70. The summed E-state index contributed by atoms with van der Waals surface area (Å²) in [5.74, 6) is 0.938. The number of imidazole rings is 1. The van der Waals surface area contributed by atoms with Crippen LogP contribution < -0.4 is 5.73 Å². The van der Waals surface area contributed by atoms with Gasteiger partial charge in [-0.1, -0.05) is 6.07 Å². The zero-order valence-corrected chi connectivity index (χ0v) is 10.2. The summed E-state index contributed by atoms with van der Waals surface area (Å²) in [7, 11) is 0. The molecule has 0 spiro atoms. The number of para-hydroxylation sites is 1. The first kappa shape index (κ1) is 10.8. The molecule has 0 aliphatic carbocycles. The van der Waals surface area contributed by atoms with E-state index in [0.29, 0.717) is 0 Å². The second-order valence-electron chi connectivity index (χ2n) is 4.13. The molecule has 0 saturated heterocycles. The Morgan fingerprint density at radius 2 is 1.94 bits per heavy atom. The summed E-state index contributed by atoms with van der Waals surface area (Å²) < 4.78 is 2.17. The quantitative estimate of drug-likeness (QED) is 0.698. The monoisotopic (exact) mass is 238 g/mol. The third-order valence-corrected chi connectivity index (χ3v) is 3.06. The first-order chi connectivity index (χ1) is 8.81. The van der Waals surface area contributed by atoms with Crippen LogP contribution in [0.3, 0.4) is 0 Å². The van der Waals surface area contributed by atoms with E-state index in [4.69, 9.17) is 5.73 Å². The van der Waals surface area contributed by atoms with E-state index < -0.39 is 0 Å². The Kier molecular flexibility index (Phi) is 2.48. The number of hydrogen-bond acceptors (Lipinski definition) is 3. The average molecular weight is 238 g/mol. The summed E-state index contributed by atoms with van der Waals surface area (Å²) in [4.78, 5) is 8.70. The largest absolute Gasteiger partial charge is 0.397 e. The number of nitrogens with two attached hydrogens (primary N) is 1. The fraction of sp³-hybridized carbons (Fsp3) is 0.143. The van der Waals surface area contributed by atoms with Crippen LogP contribution in [0.1, 0.15) is 6.92 Å². The summed E-state index contributed by atoms with van der Waals surface area (Å²) in [6.07, 6.45) is 3.55. The molecule has 0 radical (unpaired) electrons. The van der Waals surface area contributed by atoms with Crippen LogP contribution in [0.25, 0.3) is 22.4 Å². The van der Waals surface area contributed by atoms with Gasteiger partial charge in [0.05, 0.1) is 11.2 Å². The van der Waals surface area contributed by atoms with Crippen molar-refractivity contribution in [2.24, 2.45) is 0 Å². The van der Waals surface area contributed by atoms with Crippen molar-refractivity contribution < 1.29 is 0 Å². The highest BCUT2D eigenvalue weighted by Gasteiger charge is 2.12. The van der Waals surface area contributed by atoms with Crippen molar-refractivity contribution in [3.8, 4) is 11.4 Å². The molecular weight excluding hydrogens is 224 g/mol. The highest BCUT2D eigenvalue weighted by molar-refractivity contribution is 5.90. The third-order valence-electron chi connectivity index (χ3n) is 3.06. The lowest BCUT2D eigenvalue weighted by molar-refractivity contribution is 0.796. The molecule has 2 aromatic heterocycles. The van der Waals surface area contributed by atoms with E-state index in [0.717, 1.165) is 34.7 Å². The molecule has 90 valence electrons. The number of pyridine rings is 1. The molecule has 0 bridgehead atoms. The van der Waals surface area contributed by atoms with Crippen molar-refractivity contribution >= 4 is 16.7 Å². The minimum atomic E-state index is 0.718. The van der Waals surface area contributed by atoms with E-state index in [2.05, 4.69) is 21.5 Å². The van der Waals surface area contributed by atoms with Gasteiger partial charge in [0, 0.05) is 24.5 Å². The zero-order chi connectivity index (χ0) is 12.5. The molecule has 0 amide bonds. The van der Waals surface area contributed by atoms with Gasteiger partial charge in [-0.25, -0.2) is 4.98 Å². The maximum absolute atomic E-state index is 5.98. The normalized spacial score (nSPS) is 10.9. The number of nitrogen functional groups attached to an aromatic ring is 1. The minimum Gasteiger partial charge on any atom is -0.397 e. The molecule has 4 heteroatoms. The van der Waals surface area contributed by atoms with E-state index in [1.165, 1.54) is 0 Å². The van der Waals surface area contributed by atoms with Crippen LogP contribution in [0.2, 0.25) is 0 Å². The molecule has 3 rings (SSSR count). The number of hydrogen-bond donors (Lipinski definition) is 1. The lowest BCUT2D eigenvalue weighted by Crippen LogP contribution is -1.97. The Labute approximate surface area is 105 Å². The van der Waals surface area contributed by atoms with Gasteiger partial charge in [0.2, 0.25) is 0 Å². The average Bonchev–Trinajstić information content (AvgIpc) is 2.80. The molecule has 0 aliphatic rings. The molecule has 0 fully saturated rings. The smallest absolute Gasteiger partial charge is 0.141 e. The van der Waals surface area contributed by atoms with Gasteiger partial charge in [0.25, 0.3) is 0 Å². The van der Waals surface area contributed by atoms with Gasteiger partial charge >= 0.3 is 0 Å². The molecule has 0 aliphatic heterocycles. The maximum Gasteiger partial charge on any atom is 0.141 e. The summed E-state index contributed by atoms with van der Waals surface area (Å²) in [6.45, 7) is 2.96. The van der Waals surface area contributed by atoms with Crippen molar-refractivity contribution in [2.45, 2.75) is 13.5 Å². The van der Waals surface area contributed by atoms with Crippen LogP contribution in [0.4, 0.5) is 5.69 Å². The van der Waals surface area contributed by atoms with Crippen molar-refractivity contribution in [3.63, 3.8) is 0 Å². The van der Waals surface area contributed by atoms with Crippen molar-refractivity contribution in [1.82, 2.24) is 14.5 Å². The lowest BCUT2D eigenvalue weighted by Gasteiger charge is -2.05. The van der Waals surface area contributed by atoms with E-state index in [9.17, 15) is 0 Å². The number of nitrogens with zero attached hydrogens (tertiary/aromatic N) is 3. The van der Waals surface area contributed by atoms with Crippen molar-refractivity contribution in [1.29, 1.82) is 0 Å². The highest BCUT2D eigenvalue weighted by Crippen LogP contribution is 2.27. The van der Waals surface area contributed by atoms with E-state index in [1.807, 2.05) is 30.3 Å². The Morgan fingerprint density at radius 3 is 2.67 bits per heavy atom. The summed E-state index contributed by atoms with van der Waals surface area (Å²) >= 11 is 0. The van der Waals surface area contributed by atoms with Gasteiger partial charge in [-0.3, -0.25) is 4.98 Å². The standard InChI is InChI=1S/C14H14N4/c1-2-18-12-5-3-4-11(15)13(12)17-14(18)10-6-8-16-9-7-10/h3-9H,2,15H2,1H3. The van der Waals surface area contributed by atoms with Crippen LogP contribution in [-0.4, -0.2) is 14.5 Å². The molecule has 3 aromatic rings. The van der Waals surface area contributed by atoms with Gasteiger partial charge < -0.3 is 10.3 Å². The lowest BCUT2D eigenvalue weighted by atomic mass is 10.2. The maximum atomic E-state index is 5.98. The van der Waals surface area contributed by atoms with Crippen molar-refractivity contribution in [2.75, 3.05) is 5.73 Å². The molecule has 0 atom stereocenters. The zero-order valence-electron chi connectivity index (χ0n) is 10.2. The predicted molar refractivity (Wildman–Crippen MR) is 73.1 cm³/mol. The number of aromatic nitrogens is 3. The van der Waals surface area contributed by atoms with E-state index >= 15 is 0 Å². The SMILES string of the molecule is CCn1c(-c2ccncc2)nc2c(N)cccc21. The number of benzene rings is 1. The van der Waals surface area contributed by atoms with Crippen LogP contribution in [0.5, 0.6) is 0 Å². The second kappa shape index (κ2) is 4.14. The molecule has 2 heterocycles. The van der Waals surface area contributed by atoms with E-state index in [-0.39, 0.29) is 0 Å². The molecule has 18 heavy (non-hydrogen) atoms. The van der Waals surface area contributed by atoms with Gasteiger partial charge in [-0.2, -0.15) is 0 Å². The van der Waals surface area contributed by atoms with Gasteiger partial charge in [-0.15, -0.1) is 0 Å². The van der Waals surface area contributed by atoms with Gasteiger partial charge in [-0.05, 0) is 31.2 Å². The molecule has 0 saturated carbocycles. The number of anilines is 1. The first-order valence-corrected chi connectivity index (χ1v) is 5.96. The van der Waals surface area contributed by atoms with E-state index in [1.54, 1.807) is 12.4 Å². The van der Waals surface area contributed by atoms with Crippen molar-refractivity contribution in [3.05, 3.63) is 42.7 Å². The predicted octanol–water partition coefficient (Wildman–Crippen LogP) is 2.70. The molecule has 1 aromatic carbocycles. The summed E-state index contributed by atoms with van der Waals surface area (Å²) in [6, 6.07) is 9.81. The summed E-state index contributed by atoms with van der Waals surface area (Å²) in [5, 5.41) is 0. The van der Waals surface area contributed by atoms with Crippen LogP contribution in [0, 0.1) is 0 Å². The number of aryl methyl sites for hydroxylation is 1. The third kappa shape index (κ3) is 1.54. The topological polar surface area (TPSA) is 56.7 Å². The molecule has 2 N–H and O–H groups in total. The minimum absolute atomic E-state index is 0.718. The Hall–Kier alpha value is -2.36. The van der Waals surface area contributed by atoms with Crippen LogP contribution in [-0.2, 0) is 6.54 Å². The second-order valence-corrected chi connectivity index (χ2v) is 4.13. The Morgan fingerprint density at radius 1 is 1.17 bits per heavy atom. The van der Waals surface area contributed by atoms with Crippen LogP contribution >= 0.6 is 0 Å². The fourth-order valence-corrected chi connectivity index (χ4v) is 2.21.